The second-order valence-electron chi connectivity index (χ2n) is 6.04. The SMILES string of the molecule is CCCNC1CC(C)CC(C)C1CN(C)C. The maximum Gasteiger partial charge on any atom is 0.0113 e. The van der Waals surface area contributed by atoms with Crippen molar-refractivity contribution in [3.05, 3.63) is 0 Å². The van der Waals surface area contributed by atoms with Crippen molar-refractivity contribution in [1.29, 1.82) is 0 Å². The molecule has 0 aromatic carbocycles. The number of rotatable bonds is 5. The lowest BCUT2D eigenvalue weighted by Gasteiger charge is -2.41. The van der Waals surface area contributed by atoms with E-state index in [1.165, 1.54) is 32.4 Å². The van der Waals surface area contributed by atoms with Gasteiger partial charge in [0.15, 0.2) is 0 Å². The molecule has 4 unspecified atom stereocenters. The first kappa shape index (κ1) is 14.0. The van der Waals surface area contributed by atoms with Crippen molar-refractivity contribution in [3.63, 3.8) is 0 Å². The van der Waals surface area contributed by atoms with E-state index in [1.54, 1.807) is 0 Å². The Morgan fingerprint density at radius 1 is 1.19 bits per heavy atom. The topological polar surface area (TPSA) is 15.3 Å². The Balaban J connectivity index is 2.57. The normalized spacial score (nSPS) is 35.6. The lowest BCUT2D eigenvalue weighted by molar-refractivity contribution is 0.120. The van der Waals surface area contributed by atoms with E-state index in [-0.39, 0.29) is 0 Å². The van der Waals surface area contributed by atoms with E-state index in [4.69, 9.17) is 0 Å². The Labute approximate surface area is 102 Å². The van der Waals surface area contributed by atoms with Gasteiger partial charge in [-0.1, -0.05) is 20.8 Å². The molecule has 1 saturated carbocycles. The zero-order chi connectivity index (χ0) is 12.1. The smallest absolute Gasteiger partial charge is 0.0113 e. The van der Waals surface area contributed by atoms with E-state index in [0.717, 1.165) is 23.8 Å². The highest BCUT2D eigenvalue weighted by molar-refractivity contribution is 4.88. The standard InChI is InChI=1S/C14H30N2/c1-6-7-15-14-9-11(2)8-12(3)13(14)10-16(4)5/h11-15H,6-10H2,1-5H3. The van der Waals surface area contributed by atoms with Gasteiger partial charge >= 0.3 is 0 Å². The van der Waals surface area contributed by atoms with Crippen LogP contribution in [0.1, 0.15) is 40.0 Å². The van der Waals surface area contributed by atoms with Crippen molar-refractivity contribution in [2.24, 2.45) is 17.8 Å². The van der Waals surface area contributed by atoms with Crippen LogP contribution in [0.5, 0.6) is 0 Å². The Hall–Kier alpha value is -0.0800. The molecule has 0 radical (unpaired) electrons. The van der Waals surface area contributed by atoms with Crippen LogP contribution in [-0.2, 0) is 0 Å². The van der Waals surface area contributed by atoms with E-state index in [1.807, 2.05) is 0 Å². The molecule has 0 aromatic rings. The van der Waals surface area contributed by atoms with Crippen molar-refractivity contribution < 1.29 is 0 Å². The molecular formula is C14H30N2. The molecule has 0 saturated heterocycles. The van der Waals surface area contributed by atoms with Gasteiger partial charge in [-0.25, -0.2) is 0 Å². The van der Waals surface area contributed by atoms with Crippen LogP contribution < -0.4 is 5.32 Å². The van der Waals surface area contributed by atoms with E-state index in [2.05, 4.69) is 45.1 Å². The van der Waals surface area contributed by atoms with Gasteiger partial charge in [-0.2, -0.15) is 0 Å². The van der Waals surface area contributed by atoms with Crippen molar-refractivity contribution in [1.82, 2.24) is 10.2 Å². The van der Waals surface area contributed by atoms with Crippen LogP contribution in [0.25, 0.3) is 0 Å². The van der Waals surface area contributed by atoms with Gasteiger partial charge in [-0.3, -0.25) is 0 Å². The summed E-state index contributed by atoms with van der Waals surface area (Å²) in [5, 5.41) is 3.76. The second-order valence-corrected chi connectivity index (χ2v) is 6.04. The van der Waals surface area contributed by atoms with Crippen molar-refractivity contribution in [2.75, 3.05) is 27.2 Å². The fourth-order valence-electron chi connectivity index (χ4n) is 3.20. The third-order valence-corrected chi connectivity index (χ3v) is 3.91. The van der Waals surface area contributed by atoms with Gasteiger partial charge in [0.25, 0.3) is 0 Å². The van der Waals surface area contributed by atoms with Gasteiger partial charge < -0.3 is 10.2 Å². The Bertz CT molecular complexity index is 191. The molecule has 1 aliphatic rings. The molecule has 1 aliphatic carbocycles. The minimum Gasteiger partial charge on any atom is -0.314 e. The number of hydrogen-bond acceptors (Lipinski definition) is 2. The first-order valence-electron chi connectivity index (χ1n) is 6.92. The summed E-state index contributed by atoms with van der Waals surface area (Å²) in [6.07, 6.45) is 4.01. The number of nitrogens with one attached hydrogen (secondary N) is 1. The van der Waals surface area contributed by atoms with Crippen LogP contribution >= 0.6 is 0 Å². The Morgan fingerprint density at radius 2 is 1.88 bits per heavy atom. The summed E-state index contributed by atoms with van der Waals surface area (Å²) < 4.78 is 0. The molecule has 0 aliphatic heterocycles. The van der Waals surface area contributed by atoms with Gasteiger partial charge in [-0.15, -0.1) is 0 Å². The molecule has 16 heavy (non-hydrogen) atoms. The molecule has 0 amide bonds. The highest BCUT2D eigenvalue weighted by Crippen LogP contribution is 2.34. The van der Waals surface area contributed by atoms with Crippen LogP contribution in [0, 0.1) is 17.8 Å². The summed E-state index contributed by atoms with van der Waals surface area (Å²) in [6, 6.07) is 0.737. The molecule has 1 fully saturated rings. The maximum absolute atomic E-state index is 3.76. The first-order valence-corrected chi connectivity index (χ1v) is 6.92. The van der Waals surface area contributed by atoms with E-state index >= 15 is 0 Å². The molecule has 1 N–H and O–H groups in total. The summed E-state index contributed by atoms with van der Waals surface area (Å²) >= 11 is 0. The Kier molecular flexibility index (Phi) is 5.77. The predicted octanol–water partition coefficient (Wildman–Crippen LogP) is 2.60. The Morgan fingerprint density at radius 3 is 2.44 bits per heavy atom. The lowest BCUT2D eigenvalue weighted by atomic mass is 9.72. The third-order valence-electron chi connectivity index (χ3n) is 3.91. The van der Waals surface area contributed by atoms with Crippen LogP contribution in [0.2, 0.25) is 0 Å². The molecule has 0 spiro atoms. The maximum atomic E-state index is 3.76. The quantitative estimate of drug-likeness (QED) is 0.775. The second kappa shape index (κ2) is 6.61. The van der Waals surface area contributed by atoms with E-state index in [9.17, 15) is 0 Å². The molecule has 4 atom stereocenters. The number of nitrogens with zero attached hydrogens (tertiary/aromatic N) is 1. The molecular weight excluding hydrogens is 196 g/mol. The molecule has 0 aromatic heterocycles. The summed E-state index contributed by atoms with van der Waals surface area (Å²) in [5.41, 5.74) is 0. The van der Waals surface area contributed by atoms with Gasteiger partial charge in [0.1, 0.15) is 0 Å². The van der Waals surface area contributed by atoms with Crippen LogP contribution in [-0.4, -0.2) is 38.1 Å². The average Bonchev–Trinajstić information content (AvgIpc) is 2.19. The molecule has 2 heteroatoms. The highest BCUT2D eigenvalue weighted by atomic mass is 15.1. The largest absolute Gasteiger partial charge is 0.314 e. The van der Waals surface area contributed by atoms with Gasteiger partial charge in [0, 0.05) is 12.6 Å². The van der Waals surface area contributed by atoms with Gasteiger partial charge in [0.2, 0.25) is 0 Å². The summed E-state index contributed by atoms with van der Waals surface area (Å²) in [5.74, 6) is 2.58. The fourth-order valence-corrected chi connectivity index (χ4v) is 3.20. The lowest BCUT2D eigenvalue weighted by Crippen LogP contribution is -2.48. The zero-order valence-corrected chi connectivity index (χ0v) is 11.8. The van der Waals surface area contributed by atoms with Crippen molar-refractivity contribution in [3.8, 4) is 0 Å². The zero-order valence-electron chi connectivity index (χ0n) is 11.8. The molecule has 0 heterocycles. The monoisotopic (exact) mass is 226 g/mol. The minimum absolute atomic E-state index is 0.737. The van der Waals surface area contributed by atoms with Crippen LogP contribution in [0.15, 0.2) is 0 Å². The van der Waals surface area contributed by atoms with Crippen LogP contribution in [0.3, 0.4) is 0 Å². The third kappa shape index (κ3) is 4.06. The number of hydrogen-bond donors (Lipinski definition) is 1. The van der Waals surface area contributed by atoms with Crippen molar-refractivity contribution in [2.45, 2.75) is 46.1 Å². The molecule has 0 bridgehead atoms. The summed E-state index contributed by atoms with van der Waals surface area (Å²) in [4.78, 5) is 2.35. The predicted molar refractivity (Wildman–Crippen MR) is 71.7 cm³/mol. The van der Waals surface area contributed by atoms with E-state index < -0.39 is 0 Å². The first-order chi connectivity index (χ1) is 7.54. The summed E-state index contributed by atoms with van der Waals surface area (Å²) in [7, 11) is 4.39. The molecule has 96 valence electrons. The van der Waals surface area contributed by atoms with Crippen molar-refractivity contribution >= 4 is 0 Å². The average molecular weight is 226 g/mol. The van der Waals surface area contributed by atoms with Gasteiger partial charge in [-0.05, 0) is 57.7 Å². The minimum atomic E-state index is 0.737. The highest BCUT2D eigenvalue weighted by Gasteiger charge is 2.33. The molecule has 2 nitrogen and oxygen atoms in total. The van der Waals surface area contributed by atoms with Gasteiger partial charge in [0.05, 0.1) is 0 Å². The summed E-state index contributed by atoms with van der Waals surface area (Å²) in [6.45, 7) is 9.50. The fraction of sp³-hybridized carbons (Fsp3) is 1.00. The van der Waals surface area contributed by atoms with Crippen LogP contribution in [0.4, 0.5) is 0 Å². The molecule has 1 rings (SSSR count). The van der Waals surface area contributed by atoms with E-state index in [0.29, 0.717) is 0 Å².